The zero-order chi connectivity index (χ0) is 23.4. The lowest BCUT2D eigenvalue weighted by Crippen LogP contribution is -2.41. The Bertz CT molecular complexity index is 970. The summed E-state index contributed by atoms with van der Waals surface area (Å²) in [6, 6.07) is 10.2. The predicted octanol–water partition coefficient (Wildman–Crippen LogP) is 2.17. The highest BCUT2D eigenvalue weighted by Crippen LogP contribution is 2.46. The van der Waals surface area contributed by atoms with Crippen molar-refractivity contribution in [3.63, 3.8) is 0 Å². The van der Waals surface area contributed by atoms with Gasteiger partial charge in [0.1, 0.15) is 0 Å². The van der Waals surface area contributed by atoms with Crippen LogP contribution in [0.3, 0.4) is 0 Å². The van der Waals surface area contributed by atoms with Crippen LogP contribution in [0.4, 0.5) is 0 Å². The van der Waals surface area contributed by atoms with Crippen molar-refractivity contribution in [2.24, 2.45) is 11.8 Å². The smallest absolute Gasteiger partial charge is 0.290 e. The maximum absolute atomic E-state index is 13.0. The largest absolute Gasteiger partial charge is 0.483 e. The highest BCUT2D eigenvalue weighted by molar-refractivity contribution is 5.95. The third-order valence-electron chi connectivity index (χ3n) is 6.41. The molecule has 0 bridgehead atoms. The van der Waals surface area contributed by atoms with Crippen molar-refractivity contribution in [1.29, 1.82) is 0 Å². The van der Waals surface area contributed by atoms with Crippen LogP contribution in [0.15, 0.2) is 36.5 Å². The number of carbonyl (C=O) groups is 3. The number of aryl methyl sites for hydroxylation is 2. The lowest BCUT2D eigenvalue weighted by atomic mass is 9.87. The third kappa shape index (κ3) is 4.70. The first-order chi connectivity index (χ1) is 15.3. The molecule has 0 aliphatic carbocycles. The maximum atomic E-state index is 13.0. The van der Waals surface area contributed by atoms with E-state index in [4.69, 9.17) is 9.90 Å². The average Bonchev–Trinajstić information content (AvgIpc) is 3.42. The molecule has 8 nitrogen and oxygen atoms in total. The fourth-order valence-electron chi connectivity index (χ4n) is 5.00. The Morgan fingerprint density at radius 3 is 2.44 bits per heavy atom. The number of rotatable bonds is 4. The van der Waals surface area contributed by atoms with Gasteiger partial charge in [-0.25, -0.2) is 0 Å². The van der Waals surface area contributed by atoms with Gasteiger partial charge >= 0.3 is 0 Å². The van der Waals surface area contributed by atoms with Gasteiger partial charge in [0, 0.05) is 43.4 Å². The van der Waals surface area contributed by atoms with E-state index in [0.717, 1.165) is 11.3 Å². The molecule has 0 spiro atoms. The summed E-state index contributed by atoms with van der Waals surface area (Å²) in [7, 11) is 3.86. The van der Waals surface area contributed by atoms with E-state index in [0.29, 0.717) is 32.1 Å². The molecule has 0 radical (unpaired) electrons. The second-order valence-electron chi connectivity index (χ2n) is 8.84. The monoisotopic (exact) mass is 440 g/mol. The molecule has 1 aromatic heterocycles. The second kappa shape index (κ2) is 9.99. The summed E-state index contributed by atoms with van der Waals surface area (Å²) in [6.45, 7) is 6.32. The minimum atomic E-state index is -0.250. The number of aromatic nitrogens is 1. The van der Waals surface area contributed by atoms with Gasteiger partial charge in [0.2, 0.25) is 5.91 Å². The van der Waals surface area contributed by atoms with Crippen molar-refractivity contribution in [3.05, 3.63) is 58.9 Å². The number of benzene rings is 1. The number of carboxylic acid groups (broad SMARTS) is 1. The van der Waals surface area contributed by atoms with Crippen LogP contribution in [0, 0.1) is 25.7 Å². The van der Waals surface area contributed by atoms with Crippen LogP contribution in [0.1, 0.15) is 33.2 Å². The Hall–Kier alpha value is -3.13. The molecule has 8 heteroatoms. The number of fused-ring (bicyclic) bond motifs is 1. The van der Waals surface area contributed by atoms with Crippen LogP contribution < -0.4 is 0 Å². The van der Waals surface area contributed by atoms with Gasteiger partial charge in [-0.2, -0.15) is 0 Å². The van der Waals surface area contributed by atoms with Crippen molar-refractivity contribution in [2.45, 2.75) is 19.9 Å². The molecule has 4 rings (SSSR count). The molecule has 2 saturated heterocycles. The number of carbonyl (C=O) groups excluding carboxylic acids is 2. The molecule has 2 aliphatic heterocycles. The number of amides is 2. The topological polar surface area (TPSA) is 97.0 Å². The van der Waals surface area contributed by atoms with Crippen molar-refractivity contribution >= 4 is 18.3 Å². The van der Waals surface area contributed by atoms with E-state index in [1.807, 2.05) is 55.2 Å². The SMILES string of the molecule is Cc1ccccc1[C@H]1[C@@H]2CN(C(=O)c3cc[nH]c3C)C[C@@H]2CN1C(=O)CN(C)C.O=CO. The maximum Gasteiger partial charge on any atom is 0.290 e. The number of nitrogens with one attached hydrogen (secondary N) is 1. The first-order valence-electron chi connectivity index (χ1n) is 10.8. The molecular formula is C24H32N4O4. The van der Waals surface area contributed by atoms with E-state index < -0.39 is 0 Å². The minimum Gasteiger partial charge on any atom is -0.483 e. The first kappa shape index (κ1) is 23.5. The summed E-state index contributed by atoms with van der Waals surface area (Å²) in [5.41, 5.74) is 4.06. The van der Waals surface area contributed by atoms with Crippen LogP contribution in [0.25, 0.3) is 0 Å². The minimum absolute atomic E-state index is 0.0266. The van der Waals surface area contributed by atoms with E-state index in [1.54, 1.807) is 0 Å². The zero-order valence-corrected chi connectivity index (χ0v) is 19.1. The van der Waals surface area contributed by atoms with Gasteiger partial charge in [-0.05, 0) is 45.1 Å². The van der Waals surface area contributed by atoms with Crippen LogP contribution >= 0.6 is 0 Å². The van der Waals surface area contributed by atoms with Gasteiger partial charge < -0.3 is 24.8 Å². The van der Waals surface area contributed by atoms with Crippen LogP contribution in [0.5, 0.6) is 0 Å². The molecule has 2 aliphatic rings. The molecule has 32 heavy (non-hydrogen) atoms. The number of hydrogen-bond acceptors (Lipinski definition) is 4. The molecule has 0 saturated carbocycles. The van der Waals surface area contributed by atoms with Crippen molar-refractivity contribution < 1.29 is 19.5 Å². The van der Waals surface area contributed by atoms with Crippen LogP contribution in [-0.2, 0) is 9.59 Å². The number of likely N-dealkylation sites (N-methyl/N-ethyl adjacent to an activating group) is 1. The summed E-state index contributed by atoms with van der Waals surface area (Å²) < 4.78 is 0. The quantitative estimate of drug-likeness (QED) is 0.711. The molecular weight excluding hydrogens is 408 g/mol. The third-order valence-corrected chi connectivity index (χ3v) is 6.41. The summed E-state index contributed by atoms with van der Waals surface area (Å²) in [4.78, 5) is 43.5. The predicted molar refractivity (Wildman–Crippen MR) is 121 cm³/mol. The Balaban J connectivity index is 0.000000913. The molecule has 0 unspecified atom stereocenters. The number of hydrogen-bond donors (Lipinski definition) is 2. The fourth-order valence-corrected chi connectivity index (χ4v) is 5.00. The van der Waals surface area contributed by atoms with E-state index in [1.165, 1.54) is 11.1 Å². The highest BCUT2D eigenvalue weighted by atomic mass is 16.3. The lowest BCUT2D eigenvalue weighted by Gasteiger charge is -2.31. The Morgan fingerprint density at radius 2 is 1.84 bits per heavy atom. The summed E-state index contributed by atoms with van der Waals surface area (Å²) in [5.74, 6) is 0.837. The van der Waals surface area contributed by atoms with Gasteiger partial charge in [0.15, 0.2) is 0 Å². The zero-order valence-electron chi connectivity index (χ0n) is 19.1. The van der Waals surface area contributed by atoms with Crippen LogP contribution in [0.2, 0.25) is 0 Å². The van der Waals surface area contributed by atoms with Gasteiger partial charge in [0.05, 0.1) is 18.2 Å². The summed E-state index contributed by atoms with van der Waals surface area (Å²) in [6.07, 6.45) is 1.82. The van der Waals surface area contributed by atoms with Crippen molar-refractivity contribution in [3.8, 4) is 0 Å². The fraction of sp³-hybridized carbons (Fsp3) is 0.458. The normalized spacial score (nSPS) is 21.8. The lowest BCUT2D eigenvalue weighted by molar-refractivity contribution is -0.133. The molecule has 172 valence electrons. The second-order valence-corrected chi connectivity index (χ2v) is 8.84. The number of H-pyrrole nitrogens is 1. The molecule has 3 heterocycles. The Morgan fingerprint density at radius 1 is 1.16 bits per heavy atom. The molecule has 2 aromatic rings. The molecule has 1 aromatic carbocycles. The Kier molecular flexibility index (Phi) is 7.35. The Labute approximate surface area is 188 Å². The number of nitrogens with zero attached hydrogens (tertiary/aromatic N) is 3. The van der Waals surface area contributed by atoms with Gasteiger partial charge in [-0.3, -0.25) is 14.4 Å². The molecule has 2 amide bonds. The van der Waals surface area contributed by atoms with E-state index in [2.05, 4.69) is 28.9 Å². The summed E-state index contributed by atoms with van der Waals surface area (Å²) >= 11 is 0. The van der Waals surface area contributed by atoms with Crippen LogP contribution in [-0.4, -0.2) is 83.4 Å². The molecule has 2 N–H and O–H groups in total. The highest BCUT2D eigenvalue weighted by Gasteiger charge is 2.50. The average molecular weight is 441 g/mol. The number of aromatic amines is 1. The van der Waals surface area contributed by atoms with E-state index >= 15 is 0 Å². The number of likely N-dealkylation sites (tertiary alicyclic amines) is 2. The van der Waals surface area contributed by atoms with Gasteiger partial charge in [0.25, 0.3) is 12.4 Å². The van der Waals surface area contributed by atoms with Crippen molar-refractivity contribution in [1.82, 2.24) is 19.7 Å². The van der Waals surface area contributed by atoms with E-state index in [9.17, 15) is 9.59 Å². The molecule has 3 atom stereocenters. The summed E-state index contributed by atoms with van der Waals surface area (Å²) in [5, 5.41) is 6.89. The first-order valence-corrected chi connectivity index (χ1v) is 10.8. The standard InChI is InChI=1S/C23H30N4O2.CH2O2/c1-15-7-5-6-8-18(15)22-20-13-26(23(29)19-9-10-24-16(19)2)11-17(20)12-27(22)21(28)14-25(3)4;2-1-3/h5-10,17,20,22,24H,11-14H2,1-4H3;1H,(H,2,3)/t17-,20-,22+;/m1./s1. The van der Waals surface area contributed by atoms with Gasteiger partial charge in [-0.15, -0.1) is 0 Å². The molecule has 2 fully saturated rings. The van der Waals surface area contributed by atoms with E-state index in [-0.39, 0.29) is 30.2 Å². The van der Waals surface area contributed by atoms with Gasteiger partial charge in [-0.1, -0.05) is 24.3 Å². The van der Waals surface area contributed by atoms with Crippen molar-refractivity contribution in [2.75, 3.05) is 40.3 Å².